The summed E-state index contributed by atoms with van der Waals surface area (Å²) in [5.74, 6) is -2.99. The Morgan fingerprint density at radius 1 is 1.23 bits per heavy atom. The molecule has 4 aromatic rings. The molecule has 0 aliphatic heterocycles. The summed E-state index contributed by atoms with van der Waals surface area (Å²) in [5.41, 5.74) is 2.91. The van der Waals surface area contributed by atoms with E-state index >= 15 is 0 Å². The first kappa shape index (κ1) is 22.8. The van der Waals surface area contributed by atoms with Gasteiger partial charge in [0.15, 0.2) is 0 Å². The molecule has 0 spiro atoms. The van der Waals surface area contributed by atoms with Gasteiger partial charge in [-0.2, -0.15) is 37.2 Å². The first-order valence-electron chi connectivity index (χ1n) is 9.05. The highest BCUT2D eigenvalue weighted by Crippen LogP contribution is 2.54. The van der Waals surface area contributed by atoms with Gasteiger partial charge in [0.05, 0.1) is 29.6 Å². The van der Waals surface area contributed by atoms with E-state index in [1.807, 2.05) is 23.7 Å². The van der Waals surface area contributed by atoms with E-state index < -0.39 is 17.9 Å². The van der Waals surface area contributed by atoms with Crippen molar-refractivity contribution in [3.05, 3.63) is 54.7 Å². The quantitative estimate of drug-likeness (QED) is 0.427. The average molecular weight is 463 g/mol. The first-order valence-corrected chi connectivity index (χ1v) is 9.05. The van der Waals surface area contributed by atoms with Crippen LogP contribution in [0.5, 0.6) is 0 Å². The van der Waals surface area contributed by atoms with Crippen molar-refractivity contribution in [2.75, 3.05) is 6.54 Å². The monoisotopic (exact) mass is 462 g/mol. The number of alkyl halides is 2. The fourth-order valence-corrected chi connectivity index (χ4v) is 3.60. The smallest absolute Gasteiger partial charge is 0.254 e. The minimum atomic E-state index is -2.72. The van der Waals surface area contributed by atoms with Gasteiger partial charge in [-0.1, -0.05) is 0 Å². The Hall–Kier alpha value is -2.91. The second-order valence-electron chi connectivity index (χ2n) is 7.21. The molecule has 8 nitrogen and oxygen atoms in total. The second-order valence-corrected chi connectivity index (χ2v) is 7.21. The SMILES string of the molecule is S.S.[C-]#[N+]C[C@@H]([C@@H]1CC1(F)F)n1cc(-c2nc(-c3cnn(C)c3)cc3nccn23)cn1. The maximum Gasteiger partial charge on any atom is 0.254 e. The van der Waals surface area contributed by atoms with E-state index in [1.54, 1.807) is 35.7 Å². The molecular formula is C19H20F2N8S2. The molecule has 31 heavy (non-hydrogen) atoms. The van der Waals surface area contributed by atoms with Crippen molar-refractivity contribution in [1.82, 2.24) is 33.9 Å². The van der Waals surface area contributed by atoms with E-state index in [4.69, 9.17) is 11.6 Å². The van der Waals surface area contributed by atoms with Crippen LogP contribution in [0, 0.1) is 12.5 Å². The van der Waals surface area contributed by atoms with Crippen LogP contribution < -0.4 is 0 Å². The van der Waals surface area contributed by atoms with Gasteiger partial charge in [-0.05, 0) is 0 Å². The predicted molar refractivity (Wildman–Crippen MR) is 121 cm³/mol. The highest BCUT2D eigenvalue weighted by Gasteiger charge is 2.62. The number of nitrogens with zero attached hydrogens (tertiary/aromatic N) is 8. The van der Waals surface area contributed by atoms with E-state index in [0.29, 0.717) is 22.7 Å². The van der Waals surface area contributed by atoms with Crippen LogP contribution in [0.3, 0.4) is 0 Å². The normalized spacial score (nSPS) is 17.4. The molecular weight excluding hydrogens is 442 g/mol. The number of rotatable bonds is 5. The zero-order valence-corrected chi connectivity index (χ0v) is 18.4. The third-order valence-electron chi connectivity index (χ3n) is 5.21. The highest BCUT2D eigenvalue weighted by molar-refractivity contribution is 7.59. The molecule has 1 saturated carbocycles. The first-order chi connectivity index (χ1) is 14.0. The van der Waals surface area contributed by atoms with Gasteiger partial charge in [-0.3, -0.25) is 13.8 Å². The van der Waals surface area contributed by atoms with E-state index in [1.165, 1.54) is 4.68 Å². The van der Waals surface area contributed by atoms with Crippen LogP contribution in [0.1, 0.15) is 12.5 Å². The van der Waals surface area contributed by atoms with Crippen LogP contribution in [-0.2, 0) is 7.05 Å². The molecule has 4 heterocycles. The largest absolute Gasteiger partial charge is 0.315 e. The van der Waals surface area contributed by atoms with Gasteiger partial charge in [0.1, 0.15) is 17.5 Å². The summed E-state index contributed by atoms with van der Waals surface area (Å²) in [7, 11) is 1.83. The number of imidazole rings is 1. The lowest BCUT2D eigenvalue weighted by Gasteiger charge is -2.11. The summed E-state index contributed by atoms with van der Waals surface area (Å²) in [6.45, 7) is 7.09. The number of halogens is 2. The lowest BCUT2D eigenvalue weighted by atomic mass is 10.2. The predicted octanol–water partition coefficient (Wildman–Crippen LogP) is 3.33. The van der Waals surface area contributed by atoms with Crippen molar-refractivity contribution >= 4 is 32.6 Å². The van der Waals surface area contributed by atoms with E-state index in [-0.39, 0.29) is 40.0 Å². The molecule has 1 fully saturated rings. The Morgan fingerprint density at radius 3 is 2.61 bits per heavy atom. The van der Waals surface area contributed by atoms with Crippen molar-refractivity contribution < 1.29 is 8.78 Å². The van der Waals surface area contributed by atoms with Crippen LogP contribution in [0.15, 0.2) is 43.2 Å². The second kappa shape index (κ2) is 8.32. The van der Waals surface area contributed by atoms with Crippen molar-refractivity contribution in [3.63, 3.8) is 0 Å². The lowest BCUT2D eigenvalue weighted by molar-refractivity contribution is 0.0861. The molecule has 0 unspecified atom stereocenters. The van der Waals surface area contributed by atoms with Gasteiger partial charge < -0.3 is 4.85 Å². The van der Waals surface area contributed by atoms with Crippen LogP contribution >= 0.6 is 27.0 Å². The van der Waals surface area contributed by atoms with E-state index in [2.05, 4.69) is 20.0 Å². The van der Waals surface area contributed by atoms with E-state index in [9.17, 15) is 8.78 Å². The summed E-state index contributed by atoms with van der Waals surface area (Å²) in [5, 5.41) is 8.47. The van der Waals surface area contributed by atoms with Crippen molar-refractivity contribution in [3.8, 4) is 22.6 Å². The fourth-order valence-electron chi connectivity index (χ4n) is 3.60. The van der Waals surface area contributed by atoms with Crippen LogP contribution in [-0.4, -0.2) is 46.4 Å². The van der Waals surface area contributed by atoms with Crippen LogP contribution in [0.2, 0.25) is 0 Å². The van der Waals surface area contributed by atoms with E-state index in [0.717, 1.165) is 5.56 Å². The number of fused-ring (bicyclic) bond motifs is 1. The Balaban J connectivity index is 0.00000136. The summed E-state index contributed by atoms with van der Waals surface area (Å²) in [6, 6.07) is 1.20. The maximum absolute atomic E-state index is 13.6. The molecule has 2 atom stereocenters. The minimum absolute atomic E-state index is 0. The molecule has 1 aliphatic carbocycles. The average Bonchev–Trinajstić information content (AvgIpc) is 3.21. The number of aromatic nitrogens is 7. The zero-order chi connectivity index (χ0) is 20.2. The molecule has 0 amide bonds. The van der Waals surface area contributed by atoms with Gasteiger partial charge in [0, 0.05) is 49.9 Å². The third-order valence-corrected chi connectivity index (χ3v) is 5.21. The molecule has 0 radical (unpaired) electrons. The maximum atomic E-state index is 13.6. The molecule has 0 aromatic carbocycles. The molecule has 0 bridgehead atoms. The van der Waals surface area contributed by atoms with Crippen molar-refractivity contribution in [1.29, 1.82) is 0 Å². The summed E-state index contributed by atoms with van der Waals surface area (Å²) >= 11 is 0. The van der Waals surface area contributed by atoms with Crippen LogP contribution in [0.25, 0.3) is 33.1 Å². The number of hydrogen-bond donors (Lipinski definition) is 0. The van der Waals surface area contributed by atoms with Gasteiger partial charge in [-0.25, -0.2) is 25.3 Å². The molecule has 1 aliphatic rings. The molecule has 12 heteroatoms. The highest BCUT2D eigenvalue weighted by atomic mass is 32.1. The van der Waals surface area contributed by atoms with Gasteiger partial charge in [0.25, 0.3) is 5.92 Å². The molecule has 5 rings (SSSR count). The Bertz CT molecular complexity index is 1260. The number of aryl methyl sites for hydroxylation is 1. The van der Waals surface area contributed by atoms with Crippen LogP contribution in [0.4, 0.5) is 8.78 Å². The minimum Gasteiger partial charge on any atom is -0.315 e. The lowest BCUT2D eigenvalue weighted by Crippen LogP contribution is -2.17. The van der Waals surface area contributed by atoms with Gasteiger partial charge in [0.2, 0.25) is 6.54 Å². The molecule has 4 aromatic heterocycles. The standard InChI is InChI=1S/C19H16F2N8.2H2S/c1-22-9-16(14-6-19(14,20)21)29-11-13(8-25-29)18-26-15(12-7-24-27(2)10-12)5-17-23-3-4-28(17)18;;/h3-5,7-8,10-11,14,16H,6,9H2,2H3;2*1H2/t14-,16-;;/m0../s1. The van der Waals surface area contributed by atoms with Gasteiger partial charge in [-0.15, -0.1) is 0 Å². The Labute approximate surface area is 190 Å². The topological polar surface area (TPSA) is 70.2 Å². The number of hydrogen-bond acceptors (Lipinski definition) is 4. The molecule has 0 N–H and O–H groups in total. The third kappa shape index (κ3) is 4.03. The Kier molecular flexibility index (Phi) is 6.11. The van der Waals surface area contributed by atoms with Crippen molar-refractivity contribution in [2.45, 2.75) is 18.4 Å². The van der Waals surface area contributed by atoms with Crippen molar-refractivity contribution in [2.24, 2.45) is 13.0 Å². The summed E-state index contributed by atoms with van der Waals surface area (Å²) in [6.07, 6.45) is 10.1. The molecule has 162 valence electrons. The fraction of sp³-hybridized carbons (Fsp3) is 0.316. The Morgan fingerprint density at radius 2 is 1.97 bits per heavy atom. The molecule has 0 saturated heterocycles. The summed E-state index contributed by atoms with van der Waals surface area (Å²) < 4.78 is 32.2. The zero-order valence-electron chi connectivity index (χ0n) is 16.4. The van der Waals surface area contributed by atoms with Gasteiger partial charge >= 0.3 is 0 Å². The summed E-state index contributed by atoms with van der Waals surface area (Å²) in [4.78, 5) is 12.4.